The third-order valence-electron chi connectivity index (χ3n) is 6.81. The summed E-state index contributed by atoms with van der Waals surface area (Å²) in [6, 6.07) is 15.7. The summed E-state index contributed by atoms with van der Waals surface area (Å²) >= 11 is 1.54. The van der Waals surface area contributed by atoms with Crippen LogP contribution in [0.2, 0.25) is 0 Å². The van der Waals surface area contributed by atoms with Gasteiger partial charge in [0, 0.05) is 36.1 Å². The molecule has 0 radical (unpaired) electrons. The highest BCUT2D eigenvalue weighted by atomic mass is 32.2. The Morgan fingerprint density at radius 2 is 1.93 bits per heavy atom. The summed E-state index contributed by atoms with van der Waals surface area (Å²) < 4.78 is 40.0. The zero-order valence-electron chi connectivity index (χ0n) is 22.5. The van der Waals surface area contributed by atoms with Gasteiger partial charge in [0.05, 0.1) is 42.3 Å². The second kappa shape index (κ2) is 11.7. The second-order valence-corrected chi connectivity index (χ2v) is 12.1. The van der Waals surface area contributed by atoms with Crippen molar-refractivity contribution in [1.82, 2.24) is 14.3 Å². The maximum Gasteiger partial charge on any atom is 0.258 e. The molecule has 1 atom stereocenters. The van der Waals surface area contributed by atoms with Crippen LogP contribution in [0.3, 0.4) is 0 Å². The van der Waals surface area contributed by atoms with Crippen molar-refractivity contribution in [3.63, 3.8) is 0 Å². The first-order valence-electron chi connectivity index (χ1n) is 12.9. The van der Waals surface area contributed by atoms with E-state index in [2.05, 4.69) is 4.98 Å². The molecule has 0 spiro atoms. The molecular weight excluding hydrogens is 548 g/mol. The number of aromatic nitrogens is 1. The maximum atomic E-state index is 13.9. The van der Waals surface area contributed by atoms with E-state index in [-0.39, 0.29) is 18.0 Å². The van der Waals surface area contributed by atoms with Crippen LogP contribution in [-0.2, 0) is 14.8 Å². The van der Waals surface area contributed by atoms with Crippen molar-refractivity contribution in [2.75, 3.05) is 27.3 Å². The summed E-state index contributed by atoms with van der Waals surface area (Å²) in [5, 5.41) is 9.37. The molecule has 1 aliphatic heterocycles. The highest BCUT2D eigenvalue weighted by Gasteiger charge is 2.37. The molecule has 4 aromatic rings. The SMILES string of the molecule is CCCN(CC(=O)N1N=C(c2cccs2)CC1c1ccc(OC)c(OC)c1)S(=O)(=O)c1cccc2cnccc12. The normalized spacial score (nSPS) is 15.4. The number of carbonyl (C=O) groups excluding carboxylic acids is 1. The predicted octanol–water partition coefficient (Wildman–Crippen LogP) is 5.09. The quantitative estimate of drug-likeness (QED) is 0.260. The van der Waals surface area contributed by atoms with Gasteiger partial charge in [-0.1, -0.05) is 31.2 Å². The van der Waals surface area contributed by atoms with E-state index in [1.165, 1.54) is 9.31 Å². The summed E-state index contributed by atoms with van der Waals surface area (Å²) in [5.74, 6) is 0.704. The number of amides is 1. The lowest BCUT2D eigenvalue weighted by molar-refractivity contribution is -0.133. The van der Waals surface area contributed by atoms with Crippen molar-refractivity contribution in [1.29, 1.82) is 0 Å². The van der Waals surface area contributed by atoms with Gasteiger partial charge in [-0.05, 0) is 47.7 Å². The van der Waals surface area contributed by atoms with Gasteiger partial charge in [0.15, 0.2) is 11.5 Å². The van der Waals surface area contributed by atoms with Gasteiger partial charge < -0.3 is 9.47 Å². The molecule has 0 saturated carbocycles. The fraction of sp³-hybridized carbons (Fsp3) is 0.276. The van der Waals surface area contributed by atoms with Gasteiger partial charge in [-0.15, -0.1) is 11.3 Å². The first-order chi connectivity index (χ1) is 19.4. The minimum atomic E-state index is -4.00. The first kappa shape index (κ1) is 27.8. The minimum Gasteiger partial charge on any atom is -0.493 e. The lowest BCUT2D eigenvalue weighted by atomic mass is 10.0. The van der Waals surface area contributed by atoms with Gasteiger partial charge in [0.2, 0.25) is 10.0 Å². The Labute approximate surface area is 237 Å². The average molecular weight is 579 g/mol. The smallest absolute Gasteiger partial charge is 0.258 e. The Bertz CT molecular complexity index is 1650. The maximum absolute atomic E-state index is 13.9. The van der Waals surface area contributed by atoms with Crippen LogP contribution in [-0.4, -0.2) is 61.6 Å². The zero-order valence-corrected chi connectivity index (χ0v) is 24.1. The van der Waals surface area contributed by atoms with Gasteiger partial charge in [-0.25, -0.2) is 13.4 Å². The van der Waals surface area contributed by atoms with Gasteiger partial charge >= 0.3 is 0 Å². The zero-order chi connectivity index (χ0) is 28.3. The molecule has 1 unspecified atom stereocenters. The number of fused-ring (bicyclic) bond motifs is 1. The fourth-order valence-electron chi connectivity index (χ4n) is 4.87. The van der Waals surface area contributed by atoms with Crippen LogP contribution in [0, 0.1) is 0 Å². The van der Waals surface area contributed by atoms with E-state index >= 15 is 0 Å². The van der Waals surface area contributed by atoms with Crippen molar-refractivity contribution < 1.29 is 22.7 Å². The van der Waals surface area contributed by atoms with Crippen LogP contribution in [0.5, 0.6) is 11.5 Å². The van der Waals surface area contributed by atoms with Crippen LogP contribution in [0.15, 0.2) is 82.4 Å². The minimum absolute atomic E-state index is 0.147. The van der Waals surface area contributed by atoms with E-state index in [9.17, 15) is 13.2 Å². The molecule has 9 nitrogen and oxygen atoms in total. The van der Waals surface area contributed by atoms with Gasteiger partial charge in [-0.2, -0.15) is 9.41 Å². The Morgan fingerprint density at radius 1 is 1.10 bits per heavy atom. The Morgan fingerprint density at radius 3 is 2.65 bits per heavy atom. The number of rotatable bonds is 10. The van der Waals surface area contributed by atoms with Crippen LogP contribution in [0.25, 0.3) is 10.8 Å². The number of hydrogen-bond donors (Lipinski definition) is 0. The number of methoxy groups -OCH3 is 2. The molecular formula is C29H30N4O5S2. The van der Waals surface area contributed by atoms with Gasteiger partial charge in [0.1, 0.15) is 0 Å². The number of hydrogen-bond acceptors (Lipinski definition) is 8. The highest BCUT2D eigenvalue weighted by Crippen LogP contribution is 2.38. The van der Waals surface area contributed by atoms with Crippen molar-refractivity contribution >= 4 is 43.8 Å². The Kier molecular flexibility index (Phi) is 8.15. The molecule has 5 rings (SSSR count). The molecule has 1 aliphatic rings. The van der Waals surface area contributed by atoms with Crippen molar-refractivity contribution in [2.24, 2.45) is 5.10 Å². The van der Waals surface area contributed by atoms with E-state index in [0.717, 1.165) is 16.2 Å². The Hall–Kier alpha value is -3.80. The first-order valence-corrected chi connectivity index (χ1v) is 15.2. The molecule has 2 aromatic carbocycles. The highest BCUT2D eigenvalue weighted by molar-refractivity contribution is 7.89. The lowest BCUT2D eigenvalue weighted by Gasteiger charge is -2.27. The Balaban J connectivity index is 1.50. The fourth-order valence-corrected chi connectivity index (χ4v) is 7.28. The number of ether oxygens (including phenoxy) is 2. The van der Waals surface area contributed by atoms with Gasteiger partial charge in [0.25, 0.3) is 5.91 Å². The molecule has 2 aromatic heterocycles. The molecule has 0 aliphatic carbocycles. The van der Waals surface area contributed by atoms with E-state index in [4.69, 9.17) is 14.6 Å². The number of benzene rings is 2. The summed E-state index contributed by atoms with van der Waals surface area (Å²) in [7, 11) is -0.873. The monoisotopic (exact) mass is 578 g/mol. The number of nitrogens with zero attached hydrogens (tertiary/aromatic N) is 4. The van der Waals surface area contributed by atoms with Crippen molar-refractivity contribution in [3.8, 4) is 11.5 Å². The van der Waals surface area contributed by atoms with Crippen molar-refractivity contribution in [3.05, 3.63) is 82.8 Å². The standard InChI is InChI=1S/C29H30N4O5S2/c1-4-14-32(40(35,36)28-9-5-7-21-18-30-13-12-22(21)28)19-29(34)33-24(17-23(31-33)27-8-6-15-39-27)20-10-11-25(37-2)26(16-20)38-3/h5-13,15-16,18,24H,4,14,17,19H2,1-3H3. The molecule has 0 bridgehead atoms. The molecule has 40 heavy (non-hydrogen) atoms. The summed E-state index contributed by atoms with van der Waals surface area (Å²) in [5.41, 5.74) is 1.59. The lowest BCUT2D eigenvalue weighted by Crippen LogP contribution is -2.41. The summed E-state index contributed by atoms with van der Waals surface area (Å²) in [6.07, 6.45) is 4.22. The van der Waals surface area contributed by atoms with Crippen LogP contribution < -0.4 is 9.47 Å². The summed E-state index contributed by atoms with van der Waals surface area (Å²) in [4.78, 5) is 19.1. The topological polar surface area (TPSA) is 101 Å². The van der Waals surface area contributed by atoms with E-state index in [1.54, 1.807) is 62.2 Å². The van der Waals surface area contributed by atoms with Crippen LogP contribution in [0.4, 0.5) is 0 Å². The van der Waals surface area contributed by atoms with E-state index in [1.807, 2.05) is 42.6 Å². The number of pyridine rings is 1. The molecule has 0 fully saturated rings. The van der Waals surface area contributed by atoms with Crippen LogP contribution in [0.1, 0.15) is 36.2 Å². The number of sulfonamides is 1. The predicted molar refractivity (Wildman–Crippen MR) is 155 cm³/mol. The van der Waals surface area contributed by atoms with E-state index < -0.39 is 22.0 Å². The molecule has 208 valence electrons. The second-order valence-electron chi connectivity index (χ2n) is 9.29. The van der Waals surface area contributed by atoms with Crippen molar-refractivity contribution in [2.45, 2.75) is 30.7 Å². The molecule has 0 saturated heterocycles. The third-order valence-corrected chi connectivity index (χ3v) is 9.63. The summed E-state index contributed by atoms with van der Waals surface area (Å²) in [6.45, 7) is 1.73. The molecule has 1 amide bonds. The van der Waals surface area contributed by atoms with Gasteiger partial charge in [-0.3, -0.25) is 9.78 Å². The molecule has 3 heterocycles. The average Bonchev–Trinajstić information content (AvgIpc) is 3.67. The number of thiophene rings is 1. The molecule has 11 heteroatoms. The molecule has 0 N–H and O–H groups in total. The number of carbonyl (C=O) groups is 1. The number of hydrazone groups is 1. The third kappa shape index (κ3) is 5.32. The van der Waals surface area contributed by atoms with Crippen LogP contribution >= 0.6 is 11.3 Å². The van der Waals surface area contributed by atoms with E-state index in [0.29, 0.717) is 35.1 Å². The largest absolute Gasteiger partial charge is 0.493 e.